The maximum atomic E-state index is 13.5. The lowest BCUT2D eigenvalue weighted by atomic mass is 10.0. The van der Waals surface area contributed by atoms with Crippen LogP contribution in [0, 0.1) is 5.82 Å². The molecule has 0 atom stereocenters. The zero-order valence-electron chi connectivity index (χ0n) is 16.4. The molecule has 2 heterocycles. The Morgan fingerprint density at radius 3 is 2.52 bits per heavy atom. The number of amides is 2. The van der Waals surface area contributed by atoms with E-state index in [4.69, 9.17) is 16.3 Å². The summed E-state index contributed by atoms with van der Waals surface area (Å²) in [5, 5.41) is 3.43. The van der Waals surface area contributed by atoms with Crippen molar-refractivity contribution in [2.24, 2.45) is 0 Å². The lowest BCUT2D eigenvalue weighted by molar-refractivity contribution is -0.137. The van der Waals surface area contributed by atoms with Gasteiger partial charge in [0.05, 0.1) is 30.6 Å². The number of halogens is 2. The molecule has 4 rings (SSSR count). The van der Waals surface area contributed by atoms with Crippen LogP contribution < -0.4 is 10.1 Å². The number of aromatic nitrogens is 1. The second-order valence-corrected chi connectivity index (χ2v) is 7.18. The average molecular weight is 438 g/mol. The minimum Gasteiger partial charge on any atom is -0.495 e. The standard InChI is InChI=1S/C23H17ClFN3O3/c1-31-19-10-7-15(24)12-18(19)27-21-20(14-5-8-16(25)9-6-14)22(29)28(23(21)30)13-17-4-2-3-11-26-17/h2-12,27H,13H2,1H3. The Kier molecular flexibility index (Phi) is 5.68. The Morgan fingerprint density at radius 1 is 1.06 bits per heavy atom. The number of imide groups is 1. The van der Waals surface area contributed by atoms with E-state index in [1.807, 2.05) is 0 Å². The molecule has 2 aromatic carbocycles. The number of carbonyl (C=O) groups excluding carboxylic acids is 2. The highest BCUT2D eigenvalue weighted by Crippen LogP contribution is 2.35. The molecule has 0 spiro atoms. The van der Waals surface area contributed by atoms with Crippen LogP contribution >= 0.6 is 11.6 Å². The van der Waals surface area contributed by atoms with Crippen LogP contribution in [0.15, 0.2) is 72.6 Å². The molecule has 31 heavy (non-hydrogen) atoms. The molecule has 1 aromatic heterocycles. The first kappa shape index (κ1) is 20.6. The minimum absolute atomic E-state index is 0.00105. The van der Waals surface area contributed by atoms with Gasteiger partial charge in [0, 0.05) is 11.2 Å². The van der Waals surface area contributed by atoms with E-state index in [1.165, 1.54) is 31.4 Å². The number of nitrogens with zero attached hydrogens (tertiary/aromatic N) is 2. The Hall–Kier alpha value is -3.71. The Labute approximate surface area is 182 Å². The summed E-state index contributed by atoms with van der Waals surface area (Å²) >= 11 is 6.11. The highest BCUT2D eigenvalue weighted by Gasteiger charge is 2.39. The molecule has 1 aliphatic heterocycles. The molecule has 3 aromatic rings. The van der Waals surface area contributed by atoms with Gasteiger partial charge in [-0.1, -0.05) is 29.8 Å². The Morgan fingerprint density at radius 2 is 1.84 bits per heavy atom. The molecule has 0 fully saturated rings. The molecule has 0 saturated carbocycles. The molecule has 1 N–H and O–H groups in total. The van der Waals surface area contributed by atoms with E-state index < -0.39 is 17.6 Å². The largest absolute Gasteiger partial charge is 0.495 e. The molecule has 0 radical (unpaired) electrons. The van der Waals surface area contributed by atoms with Gasteiger partial charge in [-0.05, 0) is 48.0 Å². The minimum atomic E-state index is -0.531. The number of benzene rings is 2. The SMILES string of the molecule is COc1ccc(Cl)cc1NC1=C(c2ccc(F)cc2)C(=O)N(Cc2ccccn2)C1=O. The number of pyridine rings is 1. The van der Waals surface area contributed by atoms with Gasteiger partial charge < -0.3 is 10.1 Å². The van der Waals surface area contributed by atoms with Crippen LogP contribution in [-0.4, -0.2) is 28.8 Å². The first-order valence-corrected chi connectivity index (χ1v) is 9.72. The lowest BCUT2D eigenvalue weighted by Crippen LogP contribution is -2.32. The summed E-state index contributed by atoms with van der Waals surface area (Å²) in [6.45, 7) is 0.00105. The molecule has 2 amide bonds. The van der Waals surface area contributed by atoms with Crippen molar-refractivity contribution in [3.63, 3.8) is 0 Å². The summed E-state index contributed by atoms with van der Waals surface area (Å²) in [5.41, 5.74) is 1.57. The van der Waals surface area contributed by atoms with Gasteiger partial charge in [0.2, 0.25) is 0 Å². The van der Waals surface area contributed by atoms with E-state index in [-0.39, 0.29) is 17.8 Å². The molecular weight excluding hydrogens is 421 g/mol. The zero-order chi connectivity index (χ0) is 22.0. The summed E-state index contributed by atoms with van der Waals surface area (Å²) < 4.78 is 18.8. The zero-order valence-corrected chi connectivity index (χ0v) is 17.2. The fourth-order valence-electron chi connectivity index (χ4n) is 3.29. The smallest absolute Gasteiger partial charge is 0.278 e. The fraction of sp³-hybridized carbons (Fsp3) is 0.0870. The second kappa shape index (κ2) is 8.57. The number of anilines is 1. The molecule has 0 saturated heterocycles. The van der Waals surface area contributed by atoms with E-state index in [0.29, 0.717) is 27.7 Å². The molecule has 156 valence electrons. The third kappa shape index (κ3) is 4.13. The van der Waals surface area contributed by atoms with Gasteiger partial charge in [-0.3, -0.25) is 19.5 Å². The number of nitrogens with one attached hydrogen (secondary N) is 1. The van der Waals surface area contributed by atoms with Crippen LogP contribution in [0.2, 0.25) is 5.02 Å². The number of methoxy groups -OCH3 is 1. The van der Waals surface area contributed by atoms with Crippen molar-refractivity contribution in [3.05, 3.63) is 94.7 Å². The number of carbonyl (C=O) groups is 2. The van der Waals surface area contributed by atoms with Gasteiger partial charge in [-0.2, -0.15) is 0 Å². The van der Waals surface area contributed by atoms with Gasteiger partial charge in [-0.25, -0.2) is 4.39 Å². The number of hydrogen-bond donors (Lipinski definition) is 1. The number of ether oxygens (including phenoxy) is 1. The van der Waals surface area contributed by atoms with Crippen molar-refractivity contribution < 1.29 is 18.7 Å². The van der Waals surface area contributed by atoms with Gasteiger partial charge in [-0.15, -0.1) is 0 Å². The summed E-state index contributed by atoms with van der Waals surface area (Å²) in [4.78, 5) is 31.8. The third-order valence-corrected chi connectivity index (χ3v) is 5.00. The maximum Gasteiger partial charge on any atom is 0.278 e. The predicted octanol–water partition coefficient (Wildman–Crippen LogP) is 4.27. The van der Waals surface area contributed by atoms with Gasteiger partial charge >= 0.3 is 0 Å². The molecular formula is C23H17ClFN3O3. The van der Waals surface area contributed by atoms with E-state index in [0.717, 1.165) is 4.90 Å². The van der Waals surface area contributed by atoms with Crippen LogP contribution in [0.3, 0.4) is 0 Å². The van der Waals surface area contributed by atoms with Crippen LogP contribution in [0.4, 0.5) is 10.1 Å². The monoisotopic (exact) mass is 437 g/mol. The van der Waals surface area contributed by atoms with E-state index in [9.17, 15) is 14.0 Å². The van der Waals surface area contributed by atoms with Crippen LogP contribution in [0.5, 0.6) is 5.75 Å². The lowest BCUT2D eigenvalue weighted by Gasteiger charge is -2.15. The van der Waals surface area contributed by atoms with Gasteiger partial charge in [0.25, 0.3) is 11.8 Å². The first-order valence-electron chi connectivity index (χ1n) is 9.35. The van der Waals surface area contributed by atoms with E-state index in [2.05, 4.69) is 10.3 Å². The van der Waals surface area contributed by atoms with E-state index >= 15 is 0 Å². The van der Waals surface area contributed by atoms with Crippen molar-refractivity contribution in [1.82, 2.24) is 9.88 Å². The molecule has 0 aliphatic carbocycles. The third-order valence-electron chi connectivity index (χ3n) is 4.77. The molecule has 8 heteroatoms. The summed E-state index contributed by atoms with van der Waals surface area (Å²) in [7, 11) is 1.48. The average Bonchev–Trinajstić information content (AvgIpc) is 3.00. The normalized spacial score (nSPS) is 13.7. The Balaban J connectivity index is 1.78. The van der Waals surface area contributed by atoms with Crippen molar-refractivity contribution in [2.75, 3.05) is 12.4 Å². The van der Waals surface area contributed by atoms with Crippen LogP contribution in [0.1, 0.15) is 11.3 Å². The predicted molar refractivity (Wildman–Crippen MR) is 115 cm³/mol. The molecule has 0 bridgehead atoms. The van der Waals surface area contributed by atoms with Crippen molar-refractivity contribution in [2.45, 2.75) is 6.54 Å². The summed E-state index contributed by atoms with van der Waals surface area (Å²) in [5.74, 6) is -1.04. The fourth-order valence-corrected chi connectivity index (χ4v) is 3.46. The van der Waals surface area contributed by atoms with Crippen molar-refractivity contribution in [1.29, 1.82) is 0 Å². The van der Waals surface area contributed by atoms with Crippen molar-refractivity contribution in [3.8, 4) is 5.75 Å². The molecule has 0 unspecified atom stereocenters. The second-order valence-electron chi connectivity index (χ2n) is 6.74. The first-order chi connectivity index (χ1) is 15.0. The highest BCUT2D eigenvalue weighted by molar-refractivity contribution is 6.36. The number of rotatable bonds is 6. The maximum absolute atomic E-state index is 13.5. The molecule has 1 aliphatic rings. The van der Waals surface area contributed by atoms with Gasteiger partial charge in [0.1, 0.15) is 17.3 Å². The van der Waals surface area contributed by atoms with Gasteiger partial charge in [0.15, 0.2) is 0 Å². The van der Waals surface area contributed by atoms with E-state index in [1.54, 1.807) is 42.6 Å². The molecule has 6 nitrogen and oxygen atoms in total. The van der Waals surface area contributed by atoms with Crippen LogP contribution in [0.25, 0.3) is 5.57 Å². The summed E-state index contributed by atoms with van der Waals surface area (Å²) in [6, 6.07) is 15.5. The summed E-state index contributed by atoms with van der Waals surface area (Å²) in [6.07, 6.45) is 1.59. The van der Waals surface area contributed by atoms with Crippen LogP contribution in [-0.2, 0) is 16.1 Å². The highest BCUT2D eigenvalue weighted by atomic mass is 35.5. The van der Waals surface area contributed by atoms with Crippen molar-refractivity contribution >= 4 is 34.7 Å². The topological polar surface area (TPSA) is 71.5 Å². The quantitative estimate of drug-likeness (QED) is 0.583. The number of hydrogen-bond acceptors (Lipinski definition) is 5. The Bertz CT molecular complexity index is 1180.